The maximum atomic E-state index is 11.2. The molecule has 1 aromatic rings. The molecule has 0 aromatic heterocycles. The van der Waals surface area contributed by atoms with Gasteiger partial charge in [0.05, 0.1) is 0 Å². The SMILES string of the molecule is CC(=O)c1cccc(SCCC2CC2)c1. The second-order valence-corrected chi connectivity index (χ2v) is 5.33. The molecule has 0 spiro atoms. The van der Waals surface area contributed by atoms with Gasteiger partial charge in [-0.05, 0) is 37.1 Å². The highest BCUT2D eigenvalue weighted by atomic mass is 32.2. The fourth-order valence-corrected chi connectivity index (χ4v) is 2.63. The third-order valence-corrected chi connectivity index (χ3v) is 3.76. The first-order chi connectivity index (χ1) is 7.25. The molecule has 1 aliphatic rings. The summed E-state index contributed by atoms with van der Waals surface area (Å²) in [7, 11) is 0. The highest BCUT2D eigenvalue weighted by Gasteiger charge is 2.20. The van der Waals surface area contributed by atoms with Gasteiger partial charge in [-0.2, -0.15) is 0 Å². The van der Waals surface area contributed by atoms with Gasteiger partial charge in [0.2, 0.25) is 0 Å². The molecule has 0 heterocycles. The van der Waals surface area contributed by atoms with Crippen LogP contribution in [0.2, 0.25) is 0 Å². The smallest absolute Gasteiger partial charge is 0.159 e. The maximum Gasteiger partial charge on any atom is 0.159 e. The second kappa shape index (κ2) is 4.84. The molecule has 0 atom stereocenters. The zero-order valence-corrected chi connectivity index (χ0v) is 9.85. The summed E-state index contributed by atoms with van der Waals surface area (Å²) in [6.07, 6.45) is 4.18. The maximum absolute atomic E-state index is 11.2. The molecule has 0 radical (unpaired) electrons. The van der Waals surface area contributed by atoms with E-state index in [1.807, 2.05) is 30.0 Å². The van der Waals surface area contributed by atoms with E-state index in [0.717, 1.165) is 11.5 Å². The van der Waals surface area contributed by atoms with Gasteiger partial charge in [-0.3, -0.25) is 4.79 Å². The van der Waals surface area contributed by atoms with Crippen molar-refractivity contribution in [2.75, 3.05) is 5.75 Å². The molecular weight excluding hydrogens is 204 g/mol. The number of thioether (sulfide) groups is 1. The van der Waals surface area contributed by atoms with Crippen LogP contribution in [0.1, 0.15) is 36.5 Å². The normalized spacial score (nSPS) is 15.3. The van der Waals surface area contributed by atoms with Crippen LogP contribution in [-0.4, -0.2) is 11.5 Å². The Morgan fingerprint density at radius 3 is 2.93 bits per heavy atom. The number of hydrogen-bond acceptors (Lipinski definition) is 2. The second-order valence-electron chi connectivity index (χ2n) is 4.16. The summed E-state index contributed by atoms with van der Waals surface area (Å²) in [6, 6.07) is 7.94. The monoisotopic (exact) mass is 220 g/mol. The summed E-state index contributed by atoms with van der Waals surface area (Å²) in [5.74, 6) is 2.33. The standard InChI is InChI=1S/C13H16OS/c1-10(14)12-3-2-4-13(9-12)15-8-7-11-5-6-11/h2-4,9,11H,5-8H2,1H3. The minimum Gasteiger partial charge on any atom is -0.295 e. The molecule has 2 rings (SSSR count). The molecule has 1 nitrogen and oxygen atoms in total. The molecule has 0 N–H and O–H groups in total. The Labute approximate surface area is 95.3 Å². The van der Waals surface area contributed by atoms with E-state index in [2.05, 4.69) is 6.07 Å². The lowest BCUT2D eigenvalue weighted by atomic mass is 10.2. The summed E-state index contributed by atoms with van der Waals surface area (Å²) in [5, 5.41) is 0. The van der Waals surface area contributed by atoms with E-state index in [9.17, 15) is 4.79 Å². The molecule has 0 amide bonds. The lowest BCUT2D eigenvalue weighted by Gasteiger charge is -2.02. The van der Waals surface area contributed by atoms with Crippen molar-refractivity contribution >= 4 is 17.5 Å². The molecule has 15 heavy (non-hydrogen) atoms. The summed E-state index contributed by atoms with van der Waals surface area (Å²) < 4.78 is 0. The molecule has 80 valence electrons. The molecule has 2 heteroatoms. The minimum absolute atomic E-state index is 0.152. The van der Waals surface area contributed by atoms with Crippen LogP contribution in [0.25, 0.3) is 0 Å². The highest BCUT2D eigenvalue weighted by Crippen LogP contribution is 2.34. The highest BCUT2D eigenvalue weighted by molar-refractivity contribution is 7.99. The Hall–Kier alpha value is -0.760. The number of carbonyl (C=O) groups is 1. The van der Waals surface area contributed by atoms with Crippen LogP contribution in [0.5, 0.6) is 0 Å². The van der Waals surface area contributed by atoms with E-state index >= 15 is 0 Å². The van der Waals surface area contributed by atoms with Gasteiger partial charge in [-0.15, -0.1) is 11.8 Å². The Bertz CT molecular complexity index is 355. The van der Waals surface area contributed by atoms with Crippen LogP contribution >= 0.6 is 11.8 Å². The molecule has 1 saturated carbocycles. The summed E-state index contributed by atoms with van der Waals surface area (Å²) in [6.45, 7) is 1.62. The van der Waals surface area contributed by atoms with Crippen LogP contribution in [-0.2, 0) is 0 Å². The van der Waals surface area contributed by atoms with Crippen LogP contribution in [0.15, 0.2) is 29.2 Å². The lowest BCUT2D eigenvalue weighted by molar-refractivity contribution is 0.101. The van der Waals surface area contributed by atoms with Gasteiger partial charge >= 0.3 is 0 Å². The fraction of sp³-hybridized carbons (Fsp3) is 0.462. The number of hydrogen-bond donors (Lipinski definition) is 0. The van der Waals surface area contributed by atoms with Gasteiger partial charge in [-0.1, -0.05) is 25.0 Å². The van der Waals surface area contributed by atoms with Crippen LogP contribution in [0, 0.1) is 5.92 Å². The minimum atomic E-state index is 0.152. The van der Waals surface area contributed by atoms with E-state index < -0.39 is 0 Å². The third kappa shape index (κ3) is 3.38. The molecular formula is C13H16OS. The molecule has 1 aliphatic carbocycles. The van der Waals surface area contributed by atoms with Gasteiger partial charge in [0.1, 0.15) is 0 Å². The van der Waals surface area contributed by atoms with Crippen LogP contribution < -0.4 is 0 Å². The molecule has 0 unspecified atom stereocenters. The number of rotatable bonds is 5. The number of carbonyl (C=O) groups excluding carboxylic acids is 1. The summed E-state index contributed by atoms with van der Waals surface area (Å²) in [4.78, 5) is 12.4. The number of ketones is 1. The predicted molar refractivity (Wildman–Crippen MR) is 64.5 cm³/mol. The first-order valence-corrected chi connectivity index (χ1v) is 6.48. The zero-order chi connectivity index (χ0) is 10.7. The number of Topliss-reactive ketones (excluding diaryl/α,β-unsaturated/α-hetero) is 1. The van der Waals surface area contributed by atoms with E-state index in [4.69, 9.17) is 0 Å². The van der Waals surface area contributed by atoms with Crippen molar-refractivity contribution in [1.82, 2.24) is 0 Å². The van der Waals surface area contributed by atoms with Crippen LogP contribution in [0.4, 0.5) is 0 Å². The first kappa shape index (κ1) is 10.7. The topological polar surface area (TPSA) is 17.1 Å². The Kier molecular flexibility index (Phi) is 3.47. The molecule has 0 saturated heterocycles. The van der Waals surface area contributed by atoms with Gasteiger partial charge in [-0.25, -0.2) is 0 Å². The lowest BCUT2D eigenvalue weighted by Crippen LogP contribution is -1.91. The van der Waals surface area contributed by atoms with Crippen molar-refractivity contribution in [3.63, 3.8) is 0 Å². The van der Waals surface area contributed by atoms with Crippen molar-refractivity contribution in [2.45, 2.75) is 31.1 Å². The first-order valence-electron chi connectivity index (χ1n) is 5.49. The quantitative estimate of drug-likeness (QED) is 0.555. The molecule has 0 bridgehead atoms. The average molecular weight is 220 g/mol. The molecule has 0 aliphatic heterocycles. The van der Waals surface area contributed by atoms with Crippen molar-refractivity contribution < 1.29 is 4.79 Å². The van der Waals surface area contributed by atoms with Crippen LogP contribution in [0.3, 0.4) is 0 Å². The largest absolute Gasteiger partial charge is 0.295 e. The number of benzene rings is 1. The Morgan fingerprint density at radius 1 is 1.47 bits per heavy atom. The van der Waals surface area contributed by atoms with E-state index in [-0.39, 0.29) is 5.78 Å². The zero-order valence-electron chi connectivity index (χ0n) is 9.03. The van der Waals surface area contributed by atoms with Gasteiger partial charge in [0.25, 0.3) is 0 Å². The van der Waals surface area contributed by atoms with Gasteiger partial charge < -0.3 is 0 Å². The van der Waals surface area contributed by atoms with Crippen molar-refractivity contribution in [2.24, 2.45) is 5.92 Å². The van der Waals surface area contributed by atoms with E-state index in [1.165, 1.54) is 29.9 Å². The van der Waals surface area contributed by atoms with Crippen molar-refractivity contribution in [3.8, 4) is 0 Å². The average Bonchev–Trinajstić information content (AvgIpc) is 3.02. The Morgan fingerprint density at radius 2 is 2.27 bits per heavy atom. The fourth-order valence-electron chi connectivity index (χ4n) is 1.55. The third-order valence-electron chi connectivity index (χ3n) is 2.73. The van der Waals surface area contributed by atoms with E-state index in [0.29, 0.717) is 0 Å². The van der Waals surface area contributed by atoms with E-state index in [1.54, 1.807) is 6.92 Å². The van der Waals surface area contributed by atoms with Gasteiger partial charge in [0, 0.05) is 10.5 Å². The molecule has 1 aromatic carbocycles. The predicted octanol–water partition coefficient (Wildman–Crippen LogP) is 3.78. The summed E-state index contributed by atoms with van der Waals surface area (Å²) in [5.41, 5.74) is 0.825. The van der Waals surface area contributed by atoms with Gasteiger partial charge in [0.15, 0.2) is 5.78 Å². The Balaban J connectivity index is 1.88. The van der Waals surface area contributed by atoms with Crippen molar-refractivity contribution in [3.05, 3.63) is 29.8 Å². The summed E-state index contributed by atoms with van der Waals surface area (Å²) >= 11 is 1.87. The molecule has 1 fully saturated rings. The van der Waals surface area contributed by atoms with Crippen molar-refractivity contribution in [1.29, 1.82) is 0 Å².